The van der Waals surface area contributed by atoms with Gasteiger partial charge in [0.15, 0.2) is 0 Å². The third kappa shape index (κ3) is 2.86. The number of sulfonamides is 1. The van der Waals surface area contributed by atoms with E-state index in [0.29, 0.717) is 11.0 Å². The molecule has 96 valence electrons. The van der Waals surface area contributed by atoms with Crippen molar-refractivity contribution in [1.82, 2.24) is 4.72 Å². The molecule has 0 aliphatic carbocycles. The average Bonchev–Trinajstić information content (AvgIpc) is 2.62. The summed E-state index contributed by atoms with van der Waals surface area (Å²) >= 11 is 0. The summed E-state index contributed by atoms with van der Waals surface area (Å²) in [6, 6.07) is 0. The second-order valence-corrected chi connectivity index (χ2v) is 5.82. The monoisotopic (exact) mass is 261 g/mol. The van der Waals surface area contributed by atoms with Crippen molar-refractivity contribution in [1.29, 1.82) is 0 Å². The minimum Gasteiger partial charge on any atom is -0.311 e. The van der Waals surface area contributed by atoms with Crippen molar-refractivity contribution in [3.8, 4) is 0 Å². The van der Waals surface area contributed by atoms with Crippen molar-refractivity contribution >= 4 is 10.0 Å². The van der Waals surface area contributed by atoms with Crippen LogP contribution in [0.3, 0.4) is 0 Å². The Morgan fingerprint density at radius 2 is 1.75 bits per heavy atom. The number of hydrogen-bond donors (Lipinski definition) is 1. The van der Waals surface area contributed by atoms with Crippen LogP contribution in [-0.2, 0) is 10.0 Å². The minimum absolute atomic E-state index is 0.168. The van der Waals surface area contributed by atoms with E-state index in [1.54, 1.807) is 4.72 Å². The first kappa shape index (κ1) is 13.7. The van der Waals surface area contributed by atoms with Crippen LogP contribution in [-0.4, -0.2) is 44.7 Å². The smallest absolute Gasteiger partial charge is 0.311 e. The molecule has 0 atom stereocenters. The van der Waals surface area contributed by atoms with E-state index in [9.17, 15) is 21.6 Å². The molecule has 0 aromatic carbocycles. The third-order valence-corrected chi connectivity index (χ3v) is 4.20. The Hall–Kier alpha value is -0.340. The van der Waals surface area contributed by atoms with E-state index in [1.165, 1.54) is 0 Å². The molecule has 1 heterocycles. The molecule has 1 rings (SSSR count). The Morgan fingerprint density at radius 1 is 1.25 bits per heavy atom. The molecule has 0 radical (unpaired) electrons. The first-order valence-electron chi connectivity index (χ1n) is 5.13. The van der Waals surface area contributed by atoms with Gasteiger partial charge in [-0.2, -0.15) is 17.9 Å². The summed E-state index contributed by atoms with van der Waals surface area (Å²) in [7, 11) is -5.20. The SMILES string of the molecule is CC[N+]1(CNS(=O)(=O)C(F)(F)F)CCCC1. The number of quaternary nitrogens is 1. The Balaban J connectivity index is 2.64. The van der Waals surface area contributed by atoms with Crippen molar-refractivity contribution in [2.24, 2.45) is 0 Å². The molecular formula is C8H16F3N2O2S+. The maximum Gasteiger partial charge on any atom is 0.511 e. The van der Waals surface area contributed by atoms with Gasteiger partial charge in [0.2, 0.25) is 0 Å². The lowest BCUT2D eigenvalue weighted by Crippen LogP contribution is -2.53. The van der Waals surface area contributed by atoms with Gasteiger partial charge in [-0.3, -0.25) is 0 Å². The van der Waals surface area contributed by atoms with Crippen molar-refractivity contribution < 1.29 is 26.1 Å². The largest absolute Gasteiger partial charge is 0.511 e. The number of rotatable bonds is 4. The van der Waals surface area contributed by atoms with E-state index >= 15 is 0 Å². The molecule has 0 spiro atoms. The van der Waals surface area contributed by atoms with Gasteiger partial charge in [-0.1, -0.05) is 0 Å². The summed E-state index contributed by atoms with van der Waals surface area (Å²) in [5, 5.41) is 0. The predicted molar refractivity (Wildman–Crippen MR) is 52.7 cm³/mol. The van der Waals surface area contributed by atoms with Crippen molar-refractivity contribution in [3.63, 3.8) is 0 Å². The molecule has 0 bridgehead atoms. The van der Waals surface area contributed by atoms with Crippen molar-refractivity contribution in [2.45, 2.75) is 25.3 Å². The Morgan fingerprint density at radius 3 is 2.12 bits per heavy atom. The zero-order valence-electron chi connectivity index (χ0n) is 9.05. The van der Waals surface area contributed by atoms with Gasteiger partial charge in [-0.15, -0.1) is 0 Å². The highest BCUT2D eigenvalue weighted by Gasteiger charge is 2.47. The van der Waals surface area contributed by atoms with Gasteiger partial charge in [0.25, 0.3) is 0 Å². The molecule has 1 N–H and O–H groups in total. The van der Waals surface area contributed by atoms with E-state index < -0.39 is 15.5 Å². The van der Waals surface area contributed by atoms with Gasteiger partial charge in [-0.05, 0) is 6.92 Å². The fraction of sp³-hybridized carbons (Fsp3) is 1.00. The van der Waals surface area contributed by atoms with Crippen LogP contribution in [0.25, 0.3) is 0 Å². The molecule has 1 aliphatic rings. The van der Waals surface area contributed by atoms with Crippen LogP contribution in [0.2, 0.25) is 0 Å². The summed E-state index contributed by atoms with van der Waals surface area (Å²) < 4.78 is 59.9. The molecule has 1 aliphatic heterocycles. The highest BCUT2D eigenvalue weighted by atomic mass is 32.2. The topological polar surface area (TPSA) is 46.2 Å². The first-order chi connectivity index (χ1) is 7.22. The zero-order chi connectivity index (χ0) is 12.4. The standard InChI is InChI=1S/C8H16F3N2O2S/c1-2-13(5-3-4-6-13)7-12-16(14,15)8(9,10)11/h12H,2-7H2,1H3/q+1. The minimum atomic E-state index is -5.22. The van der Waals surface area contributed by atoms with Crippen LogP contribution in [0.1, 0.15) is 19.8 Å². The molecule has 0 aromatic heterocycles. The van der Waals surface area contributed by atoms with Crippen LogP contribution in [0, 0.1) is 0 Å². The van der Waals surface area contributed by atoms with Crippen LogP contribution in [0.15, 0.2) is 0 Å². The Labute approximate surface area is 93.1 Å². The number of nitrogens with one attached hydrogen (secondary N) is 1. The molecule has 16 heavy (non-hydrogen) atoms. The van der Waals surface area contributed by atoms with Gasteiger partial charge in [0.1, 0.15) is 6.67 Å². The molecule has 4 nitrogen and oxygen atoms in total. The predicted octanol–water partition coefficient (Wildman–Crippen LogP) is 1.01. The number of hydrogen-bond acceptors (Lipinski definition) is 2. The lowest BCUT2D eigenvalue weighted by molar-refractivity contribution is -0.916. The fourth-order valence-electron chi connectivity index (χ4n) is 1.90. The summed E-state index contributed by atoms with van der Waals surface area (Å²) in [5.74, 6) is 0. The summed E-state index contributed by atoms with van der Waals surface area (Å²) in [4.78, 5) is 0. The van der Waals surface area contributed by atoms with Crippen LogP contribution in [0.5, 0.6) is 0 Å². The molecule has 0 unspecified atom stereocenters. The van der Waals surface area contributed by atoms with E-state index in [2.05, 4.69) is 0 Å². The molecule has 1 saturated heterocycles. The third-order valence-electron chi connectivity index (χ3n) is 3.08. The lowest BCUT2D eigenvalue weighted by atomic mass is 10.4. The average molecular weight is 261 g/mol. The molecule has 0 saturated carbocycles. The molecular weight excluding hydrogens is 245 g/mol. The van der Waals surface area contributed by atoms with E-state index in [4.69, 9.17) is 0 Å². The van der Waals surface area contributed by atoms with Gasteiger partial charge in [-0.25, -0.2) is 8.42 Å². The highest BCUT2D eigenvalue weighted by Crippen LogP contribution is 2.23. The highest BCUT2D eigenvalue weighted by molar-refractivity contribution is 7.90. The molecule has 0 amide bonds. The van der Waals surface area contributed by atoms with E-state index in [1.807, 2.05) is 6.92 Å². The van der Waals surface area contributed by atoms with Crippen LogP contribution >= 0.6 is 0 Å². The lowest BCUT2D eigenvalue weighted by Gasteiger charge is -2.32. The zero-order valence-corrected chi connectivity index (χ0v) is 9.86. The number of alkyl halides is 3. The Kier molecular flexibility index (Phi) is 3.86. The maximum absolute atomic E-state index is 12.1. The van der Waals surface area contributed by atoms with Crippen molar-refractivity contribution in [2.75, 3.05) is 26.3 Å². The molecule has 8 heteroatoms. The number of likely N-dealkylation sites (tertiary alicyclic amines) is 1. The quantitative estimate of drug-likeness (QED) is 0.768. The molecule has 0 aromatic rings. The normalized spacial score (nSPS) is 21.2. The Bertz CT molecular complexity index is 334. The summed E-state index contributed by atoms with van der Waals surface area (Å²) in [5.41, 5.74) is -5.22. The van der Waals surface area contributed by atoms with Crippen LogP contribution in [0.4, 0.5) is 13.2 Å². The summed E-state index contributed by atoms with van der Waals surface area (Å²) in [6.45, 7) is 3.79. The van der Waals surface area contributed by atoms with Crippen LogP contribution < -0.4 is 4.72 Å². The fourth-order valence-corrected chi connectivity index (χ4v) is 2.50. The number of halogens is 3. The molecule has 1 fully saturated rings. The van der Waals surface area contributed by atoms with Gasteiger partial charge >= 0.3 is 15.5 Å². The maximum atomic E-state index is 12.1. The number of nitrogens with zero attached hydrogens (tertiary/aromatic N) is 1. The van der Waals surface area contributed by atoms with Gasteiger partial charge < -0.3 is 4.48 Å². The second-order valence-electron chi connectivity index (χ2n) is 4.06. The van der Waals surface area contributed by atoms with Gasteiger partial charge in [0, 0.05) is 12.8 Å². The first-order valence-corrected chi connectivity index (χ1v) is 6.62. The summed E-state index contributed by atoms with van der Waals surface area (Å²) in [6.07, 6.45) is 1.86. The second kappa shape index (κ2) is 4.50. The van der Waals surface area contributed by atoms with Crippen molar-refractivity contribution in [3.05, 3.63) is 0 Å². The van der Waals surface area contributed by atoms with Gasteiger partial charge in [0.05, 0.1) is 19.6 Å². The van der Waals surface area contributed by atoms with E-state index in [0.717, 1.165) is 25.9 Å². The van der Waals surface area contributed by atoms with E-state index in [-0.39, 0.29) is 6.67 Å².